The summed E-state index contributed by atoms with van der Waals surface area (Å²) in [5.41, 5.74) is 2.20. The van der Waals surface area contributed by atoms with Crippen LogP contribution in [0, 0.1) is 0 Å². The molecule has 0 aliphatic carbocycles. The summed E-state index contributed by atoms with van der Waals surface area (Å²) in [6, 6.07) is 0. The summed E-state index contributed by atoms with van der Waals surface area (Å²) >= 11 is 0. The molecule has 0 saturated carbocycles. The van der Waals surface area contributed by atoms with Crippen LogP contribution >= 0.6 is 0 Å². The molecule has 0 radical (unpaired) electrons. The van der Waals surface area contributed by atoms with E-state index in [0.29, 0.717) is 0 Å². The van der Waals surface area contributed by atoms with Crippen molar-refractivity contribution in [2.45, 2.75) is 26.6 Å². The van der Waals surface area contributed by atoms with Gasteiger partial charge >= 0.3 is 0 Å². The van der Waals surface area contributed by atoms with Gasteiger partial charge in [-0.05, 0) is 13.0 Å². The van der Waals surface area contributed by atoms with Crippen LogP contribution in [0.1, 0.15) is 6.92 Å². The fourth-order valence-electron chi connectivity index (χ4n) is 0.535. The second-order valence-electron chi connectivity index (χ2n) is 3.69. The van der Waals surface area contributed by atoms with Gasteiger partial charge < -0.3 is 0 Å². The van der Waals surface area contributed by atoms with E-state index in [1.165, 1.54) is 0 Å². The Labute approximate surface area is 69.8 Å². The topological polar surface area (TPSA) is 17.1 Å². The number of carbonyl (C=O) groups is 1. The second kappa shape index (κ2) is 4.29. The molecule has 11 heavy (non-hydrogen) atoms. The Hall–Kier alpha value is -0.633. The van der Waals surface area contributed by atoms with Crippen LogP contribution in [-0.2, 0) is 4.79 Å². The molecule has 0 N–H and O–H groups in total. The summed E-state index contributed by atoms with van der Waals surface area (Å²) in [6.45, 7) is 8.32. The molecule has 1 nitrogen and oxygen atoms in total. The van der Waals surface area contributed by atoms with Gasteiger partial charge in [-0.1, -0.05) is 37.5 Å². The predicted molar refractivity (Wildman–Crippen MR) is 52.3 cm³/mol. The zero-order chi connectivity index (χ0) is 8.91. The molecule has 0 aromatic carbocycles. The lowest BCUT2D eigenvalue weighted by molar-refractivity contribution is -0.112. The van der Waals surface area contributed by atoms with E-state index in [-0.39, 0.29) is 5.78 Å². The molecule has 0 aliphatic heterocycles. The van der Waals surface area contributed by atoms with Gasteiger partial charge in [-0.15, -0.1) is 0 Å². The van der Waals surface area contributed by atoms with Gasteiger partial charge in [-0.25, -0.2) is 0 Å². The van der Waals surface area contributed by atoms with Gasteiger partial charge in [0.15, 0.2) is 5.78 Å². The molecular formula is C9H16OSi. The lowest BCUT2D eigenvalue weighted by Crippen LogP contribution is -2.14. The summed E-state index contributed by atoms with van der Waals surface area (Å²) in [5.74, 6) is 0.102. The highest BCUT2D eigenvalue weighted by atomic mass is 28.3. The molecule has 0 aromatic heterocycles. The van der Waals surface area contributed by atoms with Crippen LogP contribution in [0.5, 0.6) is 0 Å². The Morgan fingerprint density at radius 2 is 1.73 bits per heavy atom. The Morgan fingerprint density at radius 3 is 2.09 bits per heavy atom. The van der Waals surface area contributed by atoms with Crippen LogP contribution in [0.3, 0.4) is 0 Å². The number of carbonyl (C=O) groups excluding carboxylic acids is 1. The van der Waals surface area contributed by atoms with E-state index in [0.717, 1.165) is 0 Å². The van der Waals surface area contributed by atoms with Crippen molar-refractivity contribution in [1.82, 2.24) is 0 Å². The first kappa shape index (κ1) is 10.4. The SMILES string of the molecule is CC(=O)/C=C/C=C/[Si](C)(C)C. The maximum Gasteiger partial charge on any atom is 0.152 e. The van der Waals surface area contributed by atoms with E-state index in [1.807, 2.05) is 6.08 Å². The zero-order valence-corrected chi connectivity index (χ0v) is 8.72. The van der Waals surface area contributed by atoms with E-state index < -0.39 is 8.07 Å². The number of ketones is 1. The van der Waals surface area contributed by atoms with Gasteiger partial charge in [0.25, 0.3) is 0 Å². The largest absolute Gasteiger partial charge is 0.295 e. The highest BCUT2D eigenvalue weighted by Gasteiger charge is 2.05. The highest BCUT2D eigenvalue weighted by molar-refractivity contribution is 6.80. The molecule has 0 heterocycles. The molecule has 0 fully saturated rings. The van der Waals surface area contributed by atoms with Crippen LogP contribution in [-0.4, -0.2) is 13.9 Å². The molecular weight excluding hydrogens is 152 g/mol. The number of hydrogen-bond donors (Lipinski definition) is 0. The third-order valence-electron chi connectivity index (χ3n) is 1.04. The van der Waals surface area contributed by atoms with E-state index >= 15 is 0 Å². The van der Waals surface area contributed by atoms with Crippen LogP contribution < -0.4 is 0 Å². The molecule has 0 spiro atoms. The van der Waals surface area contributed by atoms with Crippen LogP contribution in [0.25, 0.3) is 0 Å². The van der Waals surface area contributed by atoms with Gasteiger partial charge in [0.05, 0.1) is 8.07 Å². The Morgan fingerprint density at radius 1 is 1.18 bits per heavy atom. The molecule has 2 heteroatoms. The Kier molecular flexibility index (Phi) is 4.04. The standard InChI is InChI=1S/C9H16OSi/c1-9(10)7-5-6-8-11(2,3)4/h5-8H,1-4H3/b7-5+,8-6+. The molecule has 0 aliphatic rings. The minimum absolute atomic E-state index is 0.102. The Bertz CT molecular complexity index is 184. The van der Waals surface area contributed by atoms with Crippen molar-refractivity contribution in [2.75, 3.05) is 0 Å². The minimum Gasteiger partial charge on any atom is -0.295 e. The normalized spacial score (nSPS) is 13.1. The molecule has 0 atom stereocenters. The molecule has 0 rings (SSSR count). The van der Waals surface area contributed by atoms with Crippen molar-refractivity contribution in [3.63, 3.8) is 0 Å². The summed E-state index contributed by atoms with van der Waals surface area (Å²) < 4.78 is 0. The van der Waals surface area contributed by atoms with Crippen LogP contribution in [0.4, 0.5) is 0 Å². The van der Waals surface area contributed by atoms with Gasteiger partial charge in [0.1, 0.15) is 0 Å². The van der Waals surface area contributed by atoms with Crippen LogP contribution in [0.15, 0.2) is 23.9 Å². The van der Waals surface area contributed by atoms with Crippen LogP contribution in [0.2, 0.25) is 19.6 Å². The molecule has 0 bridgehead atoms. The lowest BCUT2D eigenvalue weighted by Gasteiger charge is -2.06. The van der Waals surface area contributed by atoms with E-state index in [9.17, 15) is 4.79 Å². The first-order valence-electron chi connectivity index (χ1n) is 3.78. The summed E-state index contributed by atoms with van der Waals surface area (Å²) in [4.78, 5) is 10.5. The predicted octanol–water partition coefficient (Wildman–Crippen LogP) is 2.57. The fourth-order valence-corrected chi connectivity index (χ4v) is 1.22. The molecule has 0 unspecified atom stereocenters. The quantitative estimate of drug-likeness (QED) is 0.359. The monoisotopic (exact) mass is 168 g/mol. The minimum atomic E-state index is -1.07. The van der Waals surface area contributed by atoms with Crippen molar-refractivity contribution in [1.29, 1.82) is 0 Å². The average molecular weight is 168 g/mol. The fraction of sp³-hybridized carbons (Fsp3) is 0.444. The molecule has 0 aromatic rings. The third kappa shape index (κ3) is 9.37. The third-order valence-corrected chi connectivity index (χ3v) is 2.23. The van der Waals surface area contributed by atoms with Crippen molar-refractivity contribution in [2.24, 2.45) is 0 Å². The summed E-state index contributed by atoms with van der Waals surface area (Å²) in [7, 11) is -1.07. The summed E-state index contributed by atoms with van der Waals surface area (Å²) in [6.07, 6.45) is 5.35. The highest BCUT2D eigenvalue weighted by Crippen LogP contribution is 2.01. The van der Waals surface area contributed by atoms with E-state index in [4.69, 9.17) is 0 Å². The van der Waals surface area contributed by atoms with Crippen molar-refractivity contribution in [3.05, 3.63) is 23.9 Å². The lowest BCUT2D eigenvalue weighted by atomic mass is 10.4. The maximum atomic E-state index is 10.5. The first-order valence-corrected chi connectivity index (χ1v) is 7.36. The van der Waals surface area contributed by atoms with E-state index in [2.05, 4.69) is 25.3 Å². The van der Waals surface area contributed by atoms with E-state index in [1.54, 1.807) is 19.1 Å². The number of allylic oxidation sites excluding steroid dienone is 3. The first-order chi connectivity index (χ1) is 4.92. The van der Waals surface area contributed by atoms with Gasteiger partial charge in [0, 0.05) is 0 Å². The van der Waals surface area contributed by atoms with Gasteiger partial charge in [0.2, 0.25) is 0 Å². The zero-order valence-electron chi connectivity index (χ0n) is 7.72. The molecule has 0 saturated heterocycles. The average Bonchev–Trinajstić information content (AvgIpc) is 1.78. The van der Waals surface area contributed by atoms with Crippen molar-refractivity contribution < 1.29 is 4.79 Å². The second-order valence-corrected chi connectivity index (χ2v) is 8.76. The number of hydrogen-bond acceptors (Lipinski definition) is 1. The number of rotatable bonds is 3. The smallest absolute Gasteiger partial charge is 0.152 e. The van der Waals surface area contributed by atoms with Crippen molar-refractivity contribution in [3.8, 4) is 0 Å². The van der Waals surface area contributed by atoms with Gasteiger partial charge in [-0.2, -0.15) is 0 Å². The Balaban J connectivity index is 3.88. The van der Waals surface area contributed by atoms with Crippen molar-refractivity contribution >= 4 is 13.9 Å². The molecule has 62 valence electrons. The summed E-state index contributed by atoms with van der Waals surface area (Å²) in [5, 5.41) is 0. The molecule has 0 amide bonds. The van der Waals surface area contributed by atoms with Gasteiger partial charge in [-0.3, -0.25) is 4.79 Å². The maximum absolute atomic E-state index is 10.5.